The number of hydrogen-bond donors (Lipinski definition) is 1. The summed E-state index contributed by atoms with van der Waals surface area (Å²) < 4.78 is 37.6. The maximum absolute atomic E-state index is 12.5. The smallest absolute Gasteiger partial charge is 0.216 e. The molecule has 0 radical (unpaired) electrons. The second-order valence-electron chi connectivity index (χ2n) is 7.02. The van der Waals surface area contributed by atoms with Crippen LogP contribution in [0.25, 0.3) is 0 Å². The molecule has 10 heteroatoms. The summed E-state index contributed by atoms with van der Waals surface area (Å²) in [4.78, 5) is 6.73. The molecule has 1 fully saturated rings. The fourth-order valence-corrected chi connectivity index (χ4v) is 4.24. The van der Waals surface area contributed by atoms with E-state index in [0.29, 0.717) is 39.3 Å². The van der Waals surface area contributed by atoms with Gasteiger partial charge in [-0.25, -0.2) is 13.4 Å². The Morgan fingerprint density at radius 2 is 1.80 bits per heavy atom. The van der Waals surface area contributed by atoms with E-state index >= 15 is 0 Å². The van der Waals surface area contributed by atoms with Crippen LogP contribution >= 0.6 is 24.0 Å². The predicted octanol–water partition coefficient (Wildman–Crippen LogP) is 2.02. The number of halogens is 1. The van der Waals surface area contributed by atoms with Gasteiger partial charge in [-0.15, -0.1) is 24.0 Å². The van der Waals surface area contributed by atoms with Crippen molar-refractivity contribution in [1.29, 1.82) is 0 Å². The van der Waals surface area contributed by atoms with Crippen molar-refractivity contribution in [3.05, 3.63) is 30.3 Å². The average Bonchev–Trinajstić information content (AvgIpc) is 2.71. The van der Waals surface area contributed by atoms with Crippen LogP contribution in [0.1, 0.15) is 20.8 Å². The van der Waals surface area contributed by atoms with Crippen LogP contribution in [0.2, 0.25) is 0 Å². The van der Waals surface area contributed by atoms with Gasteiger partial charge in [-0.2, -0.15) is 4.31 Å². The van der Waals surface area contributed by atoms with Crippen LogP contribution < -0.4 is 10.1 Å². The Morgan fingerprint density at radius 1 is 1.13 bits per heavy atom. The number of sulfonamides is 1. The first-order valence-corrected chi connectivity index (χ1v) is 11.8. The fraction of sp³-hybridized carbons (Fsp3) is 0.650. The van der Waals surface area contributed by atoms with E-state index in [-0.39, 0.29) is 42.4 Å². The highest BCUT2D eigenvalue weighted by Gasteiger charge is 2.27. The predicted molar refractivity (Wildman–Crippen MR) is 131 cm³/mol. The Hall–Kier alpha value is -1.11. The molecule has 172 valence electrons. The van der Waals surface area contributed by atoms with Gasteiger partial charge in [-0.3, -0.25) is 0 Å². The molecule has 2 rings (SSSR count). The van der Waals surface area contributed by atoms with E-state index in [4.69, 9.17) is 9.47 Å². The lowest BCUT2D eigenvalue weighted by molar-refractivity contribution is 0.0904. The molecule has 8 nitrogen and oxygen atoms in total. The Kier molecular flexibility index (Phi) is 12.6. The van der Waals surface area contributed by atoms with Gasteiger partial charge in [0, 0.05) is 32.7 Å². The normalized spacial score (nSPS) is 15.7. The summed E-state index contributed by atoms with van der Waals surface area (Å²) in [6, 6.07) is 9.66. The van der Waals surface area contributed by atoms with Crippen LogP contribution in [0, 0.1) is 0 Å². The van der Waals surface area contributed by atoms with E-state index in [2.05, 4.69) is 15.2 Å². The van der Waals surface area contributed by atoms with Gasteiger partial charge in [0.15, 0.2) is 5.96 Å². The molecule has 1 aliphatic heterocycles. The lowest BCUT2D eigenvalue weighted by atomic mass is 10.3. The summed E-state index contributed by atoms with van der Waals surface area (Å²) in [7, 11) is -3.29. The summed E-state index contributed by atoms with van der Waals surface area (Å²) >= 11 is 0. The van der Waals surface area contributed by atoms with Crippen LogP contribution in [-0.4, -0.2) is 87.9 Å². The largest absolute Gasteiger partial charge is 0.492 e. The molecule has 0 bridgehead atoms. The molecule has 0 atom stereocenters. The molecule has 1 saturated heterocycles. The van der Waals surface area contributed by atoms with Crippen LogP contribution in [0.5, 0.6) is 5.75 Å². The van der Waals surface area contributed by atoms with Gasteiger partial charge in [-0.05, 0) is 32.9 Å². The van der Waals surface area contributed by atoms with Crippen LogP contribution in [0.15, 0.2) is 35.3 Å². The first-order chi connectivity index (χ1) is 13.9. The highest BCUT2D eigenvalue weighted by molar-refractivity contribution is 14.0. The Morgan fingerprint density at radius 3 is 2.40 bits per heavy atom. The number of nitrogens with one attached hydrogen (secondary N) is 1. The van der Waals surface area contributed by atoms with Gasteiger partial charge >= 0.3 is 0 Å². The van der Waals surface area contributed by atoms with Crippen molar-refractivity contribution in [2.75, 3.05) is 58.2 Å². The zero-order chi connectivity index (χ0) is 21.1. The standard InChI is InChI=1S/C20H34N4O4S.HI/c1-4-21-20(22-10-15-28-19-8-6-5-7-9-19)23-11-13-24(14-12-23)29(25,26)17-16-27-18(2)3;/h5-9,18H,4,10-17H2,1-3H3,(H,21,22);1H. The minimum Gasteiger partial charge on any atom is -0.492 e. The number of hydrogen-bond acceptors (Lipinski definition) is 5. The van der Waals surface area contributed by atoms with Crippen LogP contribution in [-0.2, 0) is 14.8 Å². The summed E-state index contributed by atoms with van der Waals surface area (Å²) in [6.07, 6.45) is 0.0341. The maximum atomic E-state index is 12.5. The Balaban J connectivity index is 0.00000450. The number of rotatable bonds is 10. The molecule has 0 aromatic heterocycles. The first kappa shape index (κ1) is 26.9. The lowest BCUT2D eigenvalue weighted by Crippen LogP contribution is -2.54. The third-order valence-corrected chi connectivity index (χ3v) is 6.26. The molecule has 1 aromatic rings. The number of ether oxygens (including phenoxy) is 2. The van der Waals surface area contributed by atoms with Crippen molar-refractivity contribution in [3.8, 4) is 5.75 Å². The third kappa shape index (κ3) is 9.36. The SMILES string of the molecule is CCNC(=NCCOc1ccccc1)N1CCN(S(=O)(=O)CCOC(C)C)CC1.I. The number of benzene rings is 1. The minimum atomic E-state index is -3.29. The summed E-state index contributed by atoms with van der Waals surface area (Å²) in [5.74, 6) is 1.65. The van der Waals surface area contributed by atoms with Gasteiger partial charge in [-0.1, -0.05) is 18.2 Å². The molecular weight excluding hydrogens is 519 g/mol. The number of nitrogens with zero attached hydrogens (tertiary/aromatic N) is 3. The number of guanidine groups is 1. The molecule has 0 aliphatic carbocycles. The fourth-order valence-electron chi connectivity index (χ4n) is 2.95. The highest BCUT2D eigenvalue weighted by Crippen LogP contribution is 2.10. The molecule has 0 amide bonds. The van der Waals surface area contributed by atoms with Gasteiger partial charge in [0.1, 0.15) is 12.4 Å². The Labute approximate surface area is 198 Å². The molecular formula is C20H35IN4O4S. The zero-order valence-corrected chi connectivity index (χ0v) is 21.3. The van der Waals surface area contributed by atoms with Crippen molar-refractivity contribution in [1.82, 2.24) is 14.5 Å². The number of para-hydroxylation sites is 1. The van der Waals surface area contributed by atoms with E-state index in [1.807, 2.05) is 51.1 Å². The van der Waals surface area contributed by atoms with Crippen molar-refractivity contribution in [3.63, 3.8) is 0 Å². The molecule has 30 heavy (non-hydrogen) atoms. The quantitative estimate of drug-likeness (QED) is 0.206. The van der Waals surface area contributed by atoms with E-state index in [1.54, 1.807) is 4.31 Å². The molecule has 0 unspecified atom stereocenters. The van der Waals surface area contributed by atoms with Gasteiger partial charge in [0.2, 0.25) is 10.0 Å². The van der Waals surface area contributed by atoms with Crippen molar-refractivity contribution in [2.24, 2.45) is 4.99 Å². The van der Waals surface area contributed by atoms with Crippen molar-refractivity contribution in [2.45, 2.75) is 26.9 Å². The van der Waals surface area contributed by atoms with Gasteiger partial charge in [0.05, 0.1) is 25.0 Å². The van der Waals surface area contributed by atoms with Crippen molar-refractivity contribution >= 4 is 40.0 Å². The third-order valence-electron chi connectivity index (χ3n) is 4.42. The van der Waals surface area contributed by atoms with E-state index in [0.717, 1.165) is 18.3 Å². The van der Waals surface area contributed by atoms with Crippen molar-refractivity contribution < 1.29 is 17.9 Å². The lowest BCUT2D eigenvalue weighted by Gasteiger charge is -2.35. The minimum absolute atomic E-state index is 0. The zero-order valence-electron chi connectivity index (χ0n) is 18.1. The molecule has 0 saturated carbocycles. The van der Waals surface area contributed by atoms with E-state index < -0.39 is 10.0 Å². The van der Waals surface area contributed by atoms with E-state index in [9.17, 15) is 8.42 Å². The summed E-state index contributed by atoms with van der Waals surface area (Å²) in [6.45, 7) is 9.94. The average molecular weight is 554 g/mol. The Bertz CT molecular complexity index is 724. The van der Waals surface area contributed by atoms with E-state index in [1.165, 1.54) is 0 Å². The number of aliphatic imine (C=N–C) groups is 1. The van der Waals surface area contributed by atoms with Gasteiger partial charge in [0.25, 0.3) is 0 Å². The first-order valence-electron chi connectivity index (χ1n) is 10.2. The molecule has 0 spiro atoms. The number of piperazine rings is 1. The molecule has 1 heterocycles. The van der Waals surface area contributed by atoms with Crippen LogP contribution in [0.3, 0.4) is 0 Å². The second-order valence-corrected chi connectivity index (χ2v) is 9.11. The monoisotopic (exact) mass is 554 g/mol. The van der Waals surface area contributed by atoms with Crippen LogP contribution in [0.4, 0.5) is 0 Å². The highest BCUT2D eigenvalue weighted by atomic mass is 127. The molecule has 1 N–H and O–H groups in total. The maximum Gasteiger partial charge on any atom is 0.216 e. The second kappa shape index (κ2) is 14.0. The molecule has 1 aliphatic rings. The topological polar surface area (TPSA) is 83.5 Å². The summed E-state index contributed by atoms with van der Waals surface area (Å²) in [5, 5.41) is 3.28. The molecule has 1 aromatic carbocycles. The van der Waals surface area contributed by atoms with Gasteiger partial charge < -0.3 is 19.7 Å². The summed E-state index contributed by atoms with van der Waals surface area (Å²) in [5.41, 5.74) is 0.